The predicted octanol–water partition coefficient (Wildman–Crippen LogP) is 3.72. The number of nitrogens with one attached hydrogen (secondary N) is 1. The van der Waals surface area contributed by atoms with E-state index in [4.69, 9.17) is 0 Å². The lowest BCUT2D eigenvalue weighted by molar-refractivity contribution is -0.0504. The van der Waals surface area contributed by atoms with E-state index in [1.165, 1.54) is 24.3 Å². The normalized spacial score (nSPS) is 11.7. The second-order valence-electron chi connectivity index (χ2n) is 5.20. The number of benzene rings is 2. The third-order valence-corrected chi connectivity index (χ3v) is 4.83. The average molecular weight is 355 g/mol. The summed E-state index contributed by atoms with van der Waals surface area (Å²) < 4.78 is 56.2. The Morgan fingerprint density at radius 3 is 2.38 bits per heavy atom. The van der Waals surface area contributed by atoms with Crippen LogP contribution in [0.1, 0.15) is 24.5 Å². The molecular formula is C17H19F2NO3S. The molecule has 0 unspecified atom stereocenters. The van der Waals surface area contributed by atoms with Crippen molar-refractivity contribution in [3.05, 3.63) is 59.7 Å². The summed E-state index contributed by atoms with van der Waals surface area (Å²) in [5.74, 6) is -0.0477. The molecule has 24 heavy (non-hydrogen) atoms. The van der Waals surface area contributed by atoms with Gasteiger partial charge in [0.2, 0.25) is 10.0 Å². The zero-order valence-electron chi connectivity index (χ0n) is 13.2. The van der Waals surface area contributed by atoms with Gasteiger partial charge in [-0.05, 0) is 30.2 Å². The van der Waals surface area contributed by atoms with E-state index in [2.05, 4.69) is 9.46 Å². The highest BCUT2D eigenvalue weighted by Gasteiger charge is 2.15. The Balaban J connectivity index is 2.10. The molecular weight excluding hydrogens is 336 g/mol. The van der Waals surface area contributed by atoms with Gasteiger partial charge in [0.15, 0.2) is 0 Å². The smallest absolute Gasteiger partial charge is 0.387 e. The second kappa shape index (κ2) is 8.21. The van der Waals surface area contributed by atoms with E-state index in [0.717, 1.165) is 18.4 Å². The molecule has 2 aromatic carbocycles. The summed E-state index contributed by atoms with van der Waals surface area (Å²) in [7, 11) is -3.73. The van der Waals surface area contributed by atoms with Crippen molar-refractivity contribution in [2.24, 2.45) is 0 Å². The first kappa shape index (κ1) is 18.4. The van der Waals surface area contributed by atoms with Gasteiger partial charge in [0, 0.05) is 12.1 Å². The molecule has 0 saturated carbocycles. The van der Waals surface area contributed by atoms with Gasteiger partial charge in [-0.1, -0.05) is 43.7 Å². The summed E-state index contributed by atoms with van der Waals surface area (Å²) in [6.07, 6.45) is 1.86. The molecule has 0 aliphatic carbocycles. The number of ether oxygens (including phenoxy) is 1. The van der Waals surface area contributed by atoms with Crippen molar-refractivity contribution in [1.82, 2.24) is 4.72 Å². The van der Waals surface area contributed by atoms with Gasteiger partial charge < -0.3 is 4.74 Å². The summed E-state index contributed by atoms with van der Waals surface area (Å²) >= 11 is 0. The van der Waals surface area contributed by atoms with Crippen molar-refractivity contribution >= 4 is 10.0 Å². The topological polar surface area (TPSA) is 55.4 Å². The molecule has 130 valence electrons. The molecule has 0 amide bonds. The fourth-order valence-corrected chi connectivity index (χ4v) is 3.25. The minimum atomic E-state index is -3.73. The van der Waals surface area contributed by atoms with Crippen molar-refractivity contribution in [3.8, 4) is 5.75 Å². The Kier molecular flexibility index (Phi) is 6.28. The number of hydrogen-bond acceptors (Lipinski definition) is 3. The minimum Gasteiger partial charge on any atom is -0.434 e. The molecule has 0 aromatic heterocycles. The molecule has 7 heteroatoms. The van der Waals surface area contributed by atoms with E-state index in [-0.39, 0.29) is 17.2 Å². The number of sulfonamides is 1. The molecule has 0 heterocycles. The Labute approximate surface area is 140 Å². The van der Waals surface area contributed by atoms with Crippen LogP contribution in [0.4, 0.5) is 8.78 Å². The molecule has 1 N–H and O–H groups in total. The first-order valence-corrected chi connectivity index (χ1v) is 9.02. The lowest BCUT2D eigenvalue weighted by Gasteiger charge is -2.12. The SMILES string of the molecule is CCCc1ccc(S(=O)(=O)NCc2ccccc2OC(F)F)cc1. The van der Waals surface area contributed by atoms with Gasteiger partial charge in [-0.3, -0.25) is 0 Å². The first-order valence-electron chi connectivity index (χ1n) is 7.53. The fourth-order valence-electron chi connectivity index (χ4n) is 2.24. The van der Waals surface area contributed by atoms with Crippen LogP contribution in [-0.4, -0.2) is 15.0 Å². The molecule has 0 aliphatic rings. The molecule has 0 spiro atoms. The Morgan fingerprint density at radius 1 is 1.08 bits per heavy atom. The van der Waals surface area contributed by atoms with Gasteiger partial charge in [0.25, 0.3) is 0 Å². The zero-order chi connectivity index (χ0) is 17.6. The van der Waals surface area contributed by atoms with E-state index in [0.29, 0.717) is 5.56 Å². The summed E-state index contributed by atoms with van der Waals surface area (Å²) in [6, 6.07) is 12.7. The fraction of sp³-hybridized carbons (Fsp3) is 0.294. The molecule has 0 radical (unpaired) electrons. The summed E-state index contributed by atoms with van der Waals surface area (Å²) in [6.45, 7) is -1.05. The number of para-hydroxylation sites is 1. The first-order chi connectivity index (χ1) is 11.4. The van der Waals surface area contributed by atoms with E-state index in [9.17, 15) is 17.2 Å². The molecule has 2 aromatic rings. The monoisotopic (exact) mass is 355 g/mol. The van der Waals surface area contributed by atoms with E-state index in [1.54, 1.807) is 24.3 Å². The van der Waals surface area contributed by atoms with Gasteiger partial charge >= 0.3 is 6.61 Å². The molecule has 0 fully saturated rings. The maximum Gasteiger partial charge on any atom is 0.387 e. The third kappa shape index (κ3) is 5.01. The Bertz CT molecular complexity index is 762. The molecule has 0 bridgehead atoms. The van der Waals surface area contributed by atoms with Crippen LogP contribution in [0, 0.1) is 0 Å². The zero-order valence-corrected chi connectivity index (χ0v) is 14.0. The number of aryl methyl sites for hydroxylation is 1. The van der Waals surface area contributed by atoms with Crippen molar-refractivity contribution in [2.45, 2.75) is 37.8 Å². The molecule has 0 aliphatic heterocycles. The number of halogens is 2. The highest BCUT2D eigenvalue weighted by molar-refractivity contribution is 7.89. The van der Waals surface area contributed by atoms with Crippen LogP contribution < -0.4 is 9.46 Å². The largest absolute Gasteiger partial charge is 0.434 e. The third-order valence-electron chi connectivity index (χ3n) is 3.41. The van der Waals surface area contributed by atoms with Gasteiger partial charge in [0.05, 0.1) is 4.90 Å². The minimum absolute atomic E-state index is 0.0477. The van der Waals surface area contributed by atoms with Crippen LogP contribution >= 0.6 is 0 Å². The predicted molar refractivity (Wildman–Crippen MR) is 87.5 cm³/mol. The average Bonchev–Trinajstić information content (AvgIpc) is 2.54. The van der Waals surface area contributed by atoms with Crippen molar-refractivity contribution in [1.29, 1.82) is 0 Å². The summed E-state index contributed by atoms with van der Waals surface area (Å²) in [5.41, 5.74) is 1.40. The maximum absolute atomic E-state index is 12.4. The van der Waals surface area contributed by atoms with Gasteiger partial charge in [0.1, 0.15) is 5.75 Å². The van der Waals surface area contributed by atoms with E-state index >= 15 is 0 Å². The quantitative estimate of drug-likeness (QED) is 0.785. The lowest BCUT2D eigenvalue weighted by Crippen LogP contribution is -2.23. The molecule has 2 rings (SSSR count). The highest BCUT2D eigenvalue weighted by Crippen LogP contribution is 2.21. The molecule has 4 nitrogen and oxygen atoms in total. The Morgan fingerprint density at radius 2 is 1.75 bits per heavy atom. The van der Waals surface area contributed by atoms with Crippen LogP contribution in [0.15, 0.2) is 53.4 Å². The van der Waals surface area contributed by atoms with Crippen molar-refractivity contribution in [3.63, 3.8) is 0 Å². The Hall–Kier alpha value is -1.99. The summed E-state index contributed by atoms with van der Waals surface area (Å²) in [5, 5.41) is 0. The number of rotatable bonds is 8. The van der Waals surface area contributed by atoms with Gasteiger partial charge in [-0.25, -0.2) is 13.1 Å². The van der Waals surface area contributed by atoms with Crippen molar-refractivity contribution < 1.29 is 21.9 Å². The summed E-state index contributed by atoms with van der Waals surface area (Å²) in [4.78, 5) is 0.134. The van der Waals surface area contributed by atoms with Crippen molar-refractivity contribution in [2.75, 3.05) is 0 Å². The van der Waals surface area contributed by atoms with Crippen LogP contribution in [0.5, 0.6) is 5.75 Å². The van der Waals surface area contributed by atoms with Gasteiger partial charge in [-0.2, -0.15) is 8.78 Å². The van der Waals surface area contributed by atoms with Crippen LogP contribution in [0.25, 0.3) is 0 Å². The van der Waals surface area contributed by atoms with Crippen LogP contribution in [-0.2, 0) is 23.0 Å². The standard InChI is InChI=1S/C17H19F2NO3S/c1-2-5-13-8-10-15(11-9-13)24(21,22)20-12-14-6-3-4-7-16(14)23-17(18)19/h3-4,6-11,17,20H,2,5,12H2,1H3. The molecule has 0 saturated heterocycles. The number of alkyl halides is 2. The maximum atomic E-state index is 12.4. The van der Waals surface area contributed by atoms with E-state index in [1.807, 2.05) is 6.92 Å². The lowest BCUT2D eigenvalue weighted by atomic mass is 10.1. The van der Waals surface area contributed by atoms with Gasteiger partial charge in [-0.15, -0.1) is 0 Å². The number of hydrogen-bond donors (Lipinski definition) is 1. The highest BCUT2D eigenvalue weighted by atomic mass is 32.2. The van der Waals surface area contributed by atoms with Crippen LogP contribution in [0.3, 0.4) is 0 Å². The molecule has 0 atom stereocenters. The second-order valence-corrected chi connectivity index (χ2v) is 6.97. The van der Waals surface area contributed by atoms with Crippen LogP contribution in [0.2, 0.25) is 0 Å². The van der Waals surface area contributed by atoms with E-state index < -0.39 is 16.6 Å².